The molecule has 1 amide bonds. The van der Waals surface area contributed by atoms with Gasteiger partial charge in [0.05, 0.1) is 5.56 Å². The molecule has 0 saturated carbocycles. The molecule has 5 heteroatoms. The number of nitrogens with zero attached hydrogens (tertiary/aromatic N) is 1. The molecule has 1 aliphatic rings. The van der Waals surface area contributed by atoms with E-state index in [-0.39, 0.29) is 5.91 Å². The second-order valence-corrected chi connectivity index (χ2v) is 6.69. The Hall–Kier alpha value is -0.520. The van der Waals surface area contributed by atoms with Crippen LogP contribution < -0.4 is 5.32 Å². The predicted molar refractivity (Wildman–Crippen MR) is 88.6 cm³/mol. The third kappa shape index (κ3) is 4.24. The van der Waals surface area contributed by atoms with Gasteiger partial charge in [-0.1, -0.05) is 6.42 Å². The molecular formula is C15H21BrN2OS. The van der Waals surface area contributed by atoms with Crippen LogP contribution in [0, 0.1) is 0 Å². The summed E-state index contributed by atoms with van der Waals surface area (Å²) in [7, 11) is 0. The summed E-state index contributed by atoms with van der Waals surface area (Å²) in [6.07, 6.45) is 3.87. The fourth-order valence-electron chi connectivity index (χ4n) is 2.51. The predicted octanol–water partition coefficient (Wildman–Crippen LogP) is 3.34. The van der Waals surface area contributed by atoms with Gasteiger partial charge in [-0.3, -0.25) is 9.69 Å². The molecule has 1 unspecified atom stereocenters. The summed E-state index contributed by atoms with van der Waals surface area (Å²) in [5, 5.41) is 3.02. The first kappa shape index (κ1) is 15.9. The molecule has 1 N–H and O–H groups in total. The van der Waals surface area contributed by atoms with E-state index in [0.29, 0.717) is 18.2 Å². The van der Waals surface area contributed by atoms with Crippen molar-refractivity contribution in [2.24, 2.45) is 0 Å². The monoisotopic (exact) mass is 356 g/mol. The Kier molecular flexibility index (Phi) is 5.93. The van der Waals surface area contributed by atoms with Crippen LogP contribution in [0.15, 0.2) is 27.6 Å². The number of thiol groups is 1. The zero-order valence-corrected chi connectivity index (χ0v) is 14.2. The fraction of sp³-hybridized carbons (Fsp3) is 0.533. The van der Waals surface area contributed by atoms with Gasteiger partial charge in [0.15, 0.2) is 0 Å². The van der Waals surface area contributed by atoms with E-state index in [0.717, 1.165) is 22.5 Å². The first-order chi connectivity index (χ1) is 9.58. The first-order valence-corrected chi connectivity index (χ1v) is 8.32. The van der Waals surface area contributed by atoms with E-state index in [1.807, 2.05) is 12.1 Å². The third-order valence-electron chi connectivity index (χ3n) is 3.77. The molecule has 20 heavy (non-hydrogen) atoms. The highest BCUT2D eigenvalue weighted by atomic mass is 79.9. The van der Waals surface area contributed by atoms with Gasteiger partial charge in [-0.25, -0.2) is 0 Å². The van der Waals surface area contributed by atoms with Crippen molar-refractivity contribution in [2.75, 3.05) is 19.6 Å². The molecule has 1 fully saturated rings. The summed E-state index contributed by atoms with van der Waals surface area (Å²) in [6, 6.07) is 5.89. The van der Waals surface area contributed by atoms with Gasteiger partial charge in [-0.2, -0.15) is 0 Å². The Morgan fingerprint density at radius 3 is 2.80 bits per heavy atom. The molecule has 0 spiro atoms. The normalized spacial score (nSPS) is 17.8. The van der Waals surface area contributed by atoms with E-state index in [2.05, 4.69) is 45.7 Å². The Balaban J connectivity index is 1.89. The lowest BCUT2D eigenvalue weighted by molar-refractivity contribution is 0.0929. The summed E-state index contributed by atoms with van der Waals surface area (Å²) in [5.41, 5.74) is 0.642. The zero-order chi connectivity index (χ0) is 14.5. The van der Waals surface area contributed by atoms with Crippen molar-refractivity contribution in [1.29, 1.82) is 0 Å². The van der Waals surface area contributed by atoms with Gasteiger partial charge in [-0.15, -0.1) is 12.6 Å². The highest BCUT2D eigenvalue weighted by molar-refractivity contribution is 9.10. The lowest BCUT2D eigenvalue weighted by Crippen LogP contribution is -2.44. The van der Waals surface area contributed by atoms with E-state index < -0.39 is 0 Å². The van der Waals surface area contributed by atoms with Crippen molar-refractivity contribution < 1.29 is 4.79 Å². The Bertz CT molecular complexity index is 475. The molecule has 1 aromatic carbocycles. The van der Waals surface area contributed by atoms with E-state index in [1.54, 1.807) is 6.07 Å². The van der Waals surface area contributed by atoms with Crippen LogP contribution >= 0.6 is 28.6 Å². The van der Waals surface area contributed by atoms with Crippen molar-refractivity contribution in [3.63, 3.8) is 0 Å². The summed E-state index contributed by atoms with van der Waals surface area (Å²) < 4.78 is 0.804. The lowest BCUT2D eigenvalue weighted by Gasteiger charge is -2.32. The van der Waals surface area contributed by atoms with Gasteiger partial charge in [0.1, 0.15) is 0 Å². The van der Waals surface area contributed by atoms with Crippen LogP contribution in [0.2, 0.25) is 0 Å². The molecule has 2 rings (SSSR count). The molecule has 3 nitrogen and oxygen atoms in total. The number of nitrogens with one attached hydrogen (secondary N) is 1. The fourth-order valence-corrected chi connectivity index (χ4v) is 3.14. The van der Waals surface area contributed by atoms with Crippen LogP contribution in [-0.4, -0.2) is 36.5 Å². The van der Waals surface area contributed by atoms with Crippen molar-refractivity contribution >= 4 is 34.5 Å². The number of piperidine rings is 1. The summed E-state index contributed by atoms with van der Waals surface area (Å²) >= 11 is 7.69. The molecule has 0 aromatic heterocycles. The SMILES string of the molecule is CC(CNC(=O)c1cc(S)ccc1Br)N1CCCCC1. The molecule has 1 aromatic rings. The molecule has 0 bridgehead atoms. The average molecular weight is 357 g/mol. The first-order valence-electron chi connectivity index (χ1n) is 7.08. The number of hydrogen-bond acceptors (Lipinski definition) is 3. The Morgan fingerprint density at radius 1 is 1.40 bits per heavy atom. The molecule has 1 aliphatic heterocycles. The second-order valence-electron chi connectivity index (χ2n) is 5.32. The largest absolute Gasteiger partial charge is 0.350 e. The van der Waals surface area contributed by atoms with Crippen LogP contribution in [0.1, 0.15) is 36.5 Å². The third-order valence-corrected chi connectivity index (χ3v) is 4.74. The van der Waals surface area contributed by atoms with E-state index in [9.17, 15) is 4.79 Å². The molecule has 1 heterocycles. The quantitative estimate of drug-likeness (QED) is 0.810. The van der Waals surface area contributed by atoms with E-state index in [1.165, 1.54) is 19.3 Å². The smallest absolute Gasteiger partial charge is 0.252 e. The van der Waals surface area contributed by atoms with Crippen molar-refractivity contribution in [1.82, 2.24) is 10.2 Å². The van der Waals surface area contributed by atoms with Crippen LogP contribution in [0.4, 0.5) is 0 Å². The maximum absolute atomic E-state index is 12.2. The number of halogens is 1. The van der Waals surface area contributed by atoms with Crippen molar-refractivity contribution in [3.8, 4) is 0 Å². The number of carbonyl (C=O) groups excluding carboxylic acids is 1. The second kappa shape index (κ2) is 7.48. The van der Waals surface area contributed by atoms with Crippen LogP contribution in [0.5, 0.6) is 0 Å². The van der Waals surface area contributed by atoms with Gasteiger partial charge in [0.2, 0.25) is 0 Å². The minimum Gasteiger partial charge on any atom is -0.350 e. The number of benzene rings is 1. The molecule has 1 atom stereocenters. The minimum absolute atomic E-state index is 0.0448. The summed E-state index contributed by atoms with van der Waals surface area (Å²) in [6.45, 7) is 5.15. The van der Waals surface area contributed by atoms with Gasteiger partial charge < -0.3 is 5.32 Å². The van der Waals surface area contributed by atoms with Gasteiger partial charge in [0, 0.05) is 22.0 Å². The summed E-state index contributed by atoms with van der Waals surface area (Å²) in [5.74, 6) is -0.0448. The summed E-state index contributed by atoms with van der Waals surface area (Å²) in [4.78, 5) is 15.5. The Labute approximate surface area is 134 Å². The number of amides is 1. The van der Waals surface area contributed by atoms with Crippen LogP contribution in [-0.2, 0) is 0 Å². The number of rotatable bonds is 4. The number of hydrogen-bond donors (Lipinski definition) is 2. The maximum atomic E-state index is 12.2. The van der Waals surface area contributed by atoms with Crippen molar-refractivity contribution in [2.45, 2.75) is 37.1 Å². The topological polar surface area (TPSA) is 32.3 Å². The highest BCUT2D eigenvalue weighted by Crippen LogP contribution is 2.20. The van der Waals surface area contributed by atoms with Crippen LogP contribution in [0.25, 0.3) is 0 Å². The van der Waals surface area contributed by atoms with E-state index in [4.69, 9.17) is 0 Å². The molecule has 0 radical (unpaired) electrons. The maximum Gasteiger partial charge on any atom is 0.252 e. The van der Waals surface area contributed by atoms with Crippen LogP contribution in [0.3, 0.4) is 0 Å². The van der Waals surface area contributed by atoms with Gasteiger partial charge >= 0.3 is 0 Å². The lowest BCUT2D eigenvalue weighted by atomic mass is 10.1. The molecule has 0 aliphatic carbocycles. The van der Waals surface area contributed by atoms with E-state index >= 15 is 0 Å². The number of carbonyl (C=O) groups is 1. The molecule has 110 valence electrons. The highest BCUT2D eigenvalue weighted by Gasteiger charge is 2.18. The standard InChI is InChI=1S/C15H21BrN2OS/c1-11(18-7-3-2-4-8-18)10-17-15(19)13-9-12(20)5-6-14(13)16/h5-6,9,11,20H,2-4,7-8,10H2,1H3,(H,17,19). The molecular weight excluding hydrogens is 336 g/mol. The minimum atomic E-state index is -0.0448. The van der Waals surface area contributed by atoms with Gasteiger partial charge in [0.25, 0.3) is 5.91 Å². The van der Waals surface area contributed by atoms with Crippen molar-refractivity contribution in [3.05, 3.63) is 28.2 Å². The average Bonchev–Trinajstić information content (AvgIpc) is 2.47. The van der Waals surface area contributed by atoms with Gasteiger partial charge in [-0.05, 0) is 67.0 Å². The zero-order valence-electron chi connectivity index (χ0n) is 11.7. The number of likely N-dealkylation sites (tertiary alicyclic amines) is 1. The Morgan fingerprint density at radius 2 is 2.10 bits per heavy atom. The molecule has 1 saturated heterocycles.